The van der Waals surface area contributed by atoms with Crippen molar-refractivity contribution in [2.24, 2.45) is 0 Å². The van der Waals surface area contributed by atoms with Crippen molar-refractivity contribution in [1.82, 2.24) is 0 Å². The van der Waals surface area contributed by atoms with Crippen LogP contribution in [-0.2, 0) is 17.6 Å². The fourth-order valence-electron chi connectivity index (χ4n) is 3.58. The zero-order valence-electron chi connectivity index (χ0n) is 16.4. The molecule has 27 heavy (non-hydrogen) atoms. The standard InChI is InChI=1S/C24H32O3/c1-2-21-17-12-13-18-22(21)23(27-24(25)26)19-11-6-4-3-5-8-14-20-15-9-7-10-16-20/h7,9-10,12-13,15-18,23H,2-6,8,11,14,19H2,1H3,(H,25,26). The third-order valence-corrected chi connectivity index (χ3v) is 5.05. The van der Waals surface area contributed by atoms with Gasteiger partial charge in [0.25, 0.3) is 0 Å². The van der Waals surface area contributed by atoms with E-state index in [1.165, 1.54) is 36.8 Å². The summed E-state index contributed by atoms with van der Waals surface area (Å²) in [6, 6.07) is 18.6. The van der Waals surface area contributed by atoms with Gasteiger partial charge in [-0.3, -0.25) is 0 Å². The second-order valence-electron chi connectivity index (χ2n) is 7.07. The molecule has 0 radical (unpaired) electrons. The summed E-state index contributed by atoms with van der Waals surface area (Å²) >= 11 is 0. The monoisotopic (exact) mass is 368 g/mol. The van der Waals surface area contributed by atoms with Gasteiger partial charge in [-0.2, -0.15) is 0 Å². The van der Waals surface area contributed by atoms with Crippen LogP contribution in [0.1, 0.15) is 74.7 Å². The number of carbonyl (C=O) groups is 1. The van der Waals surface area contributed by atoms with Crippen molar-refractivity contribution in [3.63, 3.8) is 0 Å². The fourth-order valence-corrected chi connectivity index (χ4v) is 3.58. The molecule has 2 aromatic carbocycles. The van der Waals surface area contributed by atoms with Crippen LogP contribution >= 0.6 is 0 Å². The van der Waals surface area contributed by atoms with Gasteiger partial charge in [-0.05, 0) is 48.8 Å². The molecule has 0 fully saturated rings. The molecule has 0 amide bonds. The minimum Gasteiger partial charge on any atom is -0.450 e. The molecule has 0 bridgehead atoms. The molecule has 0 saturated carbocycles. The van der Waals surface area contributed by atoms with Gasteiger partial charge in [-0.25, -0.2) is 4.79 Å². The Bertz CT molecular complexity index is 666. The summed E-state index contributed by atoms with van der Waals surface area (Å²) in [7, 11) is 0. The van der Waals surface area contributed by atoms with Crippen molar-refractivity contribution >= 4 is 6.16 Å². The van der Waals surface area contributed by atoms with Gasteiger partial charge in [0.1, 0.15) is 6.10 Å². The van der Waals surface area contributed by atoms with Crippen molar-refractivity contribution in [2.45, 2.75) is 70.8 Å². The Morgan fingerprint density at radius 2 is 1.52 bits per heavy atom. The number of ether oxygens (including phenoxy) is 1. The van der Waals surface area contributed by atoms with Gasteiger partial charge in [0, 0.05) is 0 Å². The van der Waals surface area contributed by atoms with Crippen LogP contribution in [0.15, 0.2) is 54.6 Å². The van der Waals surface area contributed by atoms with Crippen molar-refractivity contribution < 1.29 is 14.6 Å². The Morgan fingerprint density at radius 1 is 0.889 bits per heavy atom. The lowest BCUT2D eigenvalue weighted by Gasteiger charge is -2.19. The van der Waals surface area contributed by atoms with Crippen molar-refractivity contribution in [3.05, 3.63) is 71.3 Å². The lowest BCUT2D eigenvalue weighted by atomic mass is 9.96. The molecule has 1 N–H and O–H groups in total. The van der Waals surface area contributed by atoms with E-state index in [1.807, 2.05) is 18.2 Å². The predicted octanol–water partition coefficient (Wildman–Crippen LogP) is 6.96. The molecule has 2 rings (SSSR count). The van der Waals surface area contributed by atoms with Gasteiger partial charge in [-0.15, -0.1) is 0 Å². The van der Waals surface area contributed by atoms with Crippen molar-refractivity contribution in [2.75, 3.05) is 0 Å². The van der Waals surface area contributed by atoms with Crippen molar-refractivity contribution in [1.29, 1.82) is 0 Å². The summed E-state index contributed by atoms with van der Waals surface area (Å²) in [5.41, 5.74) is 3.61. The minimum atomic E-state index is -1.19. The quantitative estimate of drug-likeness (QED) is 0.325. The largest absolute Gasteiger partial charge is 0.506 e. The Morgan fingerprint density at radius 3 is 2.22 bits per heavy atom. The molecule has 146 valence electrons. The predicted molar refractivity (Wildman–Crippen MR) is 110 cm³/mol. The lowest BCUT2D eigenvalue weighted by molar-refractivity contribution is 0.0461. The molecule has 0 saturated heterocycles. The van der Waals surface area contributed by atoms with E-state index in [2.05, 4.69) is 43.3 Å². The minimum absolute atomic E-state index is 0.350. The van der Waals surface area contributed by atoms with E-state index in [-0.39, 0.29) is 6.10 Å². The summed E-state index contributed by atoms with van der Waals surface area (Å²) < 4.78 is 5.19. The lowest BCUT2D eigenvalue weighted by Crippen LogP contribution is -2.11. The topological polar surface area (TPSA) is 46.5 Å². The number of unbranched alkanes of at least 4 members (excludes halogenated alkanes) is 5. The zero-order valence-corrected chi connectivity index (χ0v) is 16.4. The second kappa shape index (κ2) is 12.2. The van der Waals surface area contributed by atoms with Crippen LogP contribution in [0.4, 0.5) is 4.79 Å². The molecule has 0 aliphatic rings. The highest BCUT2D eigenvalue weighted by Crippen LogP contribution is 2.27. The van der Waals surface area contributed by atoms with Crippen LogP contribution < -0.4 is 0 Å². The first-order valence-electron chi connectivity index (χ1n) is 10.2. The molecular weight excluding hydrogens is 336 g/mol. The molecular formula is C24H32O3. The summed E-state index contributed by atoms with van der Waals surface area (Å²) in [5.74, 6) is 0. The molecule has 3 nitrogen and oxygen atoms in total. The van der Waals surface area contributed by atoms with Crippen molar-refractivity contribution in [3.8, 4) is 0 Å². The molecule has 0 spiro atoms. The van der Waals surface area contributed by atoms with Crippen LogP contribution in [0, 0.1) is 0 Å². The van der Waals surface area contributed by atoms with Gasteiger partial charge in [0.05, 0.1) is 0 Å². The molecule has 0 heterocycles. The summed E-state index contributed by atoms with van der Waals surface area (Å²) in [5, 5.41) is 9.08. The van der Waals surface area contributed by atoms with Gasteiger partial charge in [0.15, 0.2) is 0 Å². The molecule has 0 aliphatic heterocycles. The molecule has 1 atom stereocenters. The van der Waals surface area contributed by atoms with Crippen LogP contribution in [0.2, 0.25) is 0 Å². The molecule has 0 aliphatic carbocycles. The summed E-state index contributed by atoms with van der Waals surface area (Å²) in [6.07, 6.45) is 8.30. The molecule has 3 heteroatoms. The fraction of sp³-hybridized carbons (Fsp3) is 0.458. The van der Waals surface area contributed by atoms with Gasteiger partial charge < -0.3 is 9.84 Å². The SMILES string of the molecule is CCc1ccccc1C(CCCCCCCCc1ccccc1)OC(=O)O. The number of hydrogen-bond donors (Lipinski definition) is 1. The number of benzene rings is 2. The average Bonchev–Trinajstić information content (AvgIpc) is 2.69. The normalized spacial score (nSPS) is 11.9. The maximum atomic E-state index is 11.1. The Hall–Kier alpha value is -2.29. The second-order valence-corrected chi connectivity index (χ2v) is 7.07. The van der Waals surface area contributed by atoms with E-state index in [0.29, 0.717) is 0 Å². The zero-order chi connectivity index (χ0) is 19.3. The first-order chi connectivity index (χ1) is 13.2. The highest BCUT2D eigenvalue weighted by molar-refractivity contribution is 5.57. The van der Waals surface area contributed by atoms with Crippen LogP contribution in [-0.4, -0.2) is 11.3 Å². The first kappa shape index (κ1) is 21.0. The molecule has 0 aromatic heterocycles. The number of rotatable bonds is 12. The molecule has 2 aromatic rings. The summed E-state index contributed by atoms with van der Waals surface area (Å²) in [4.78, 5) is 11.1. The van der Waals surface area contributed by atoms with E-state index in [4.69, 9.17) is 9.84 Å². The van der Waals surface area contributed by atoms with E-state index in [1.54, 1.807) is 0 Å². The average molecular weight is 369 g/mol. The van der Waals surface area contributed by atoms with Gasteiger partial charge in [-0.1, -0.05) is 87.2 Å². The van der Waals surface area contributed by atoms with Crippen LogP contribution in [0.3, 0.4) is 0 Å². The maximum Gasteiger partial charge on any atom is 0.506 e. The van der Waals surface area contributed by atoms with E-state index in [9.17, 15) is 4.79 Å². The number of hydrogen-bond acceptors (Lipinski definition) is 2. The first-order valence-corrected chi connectivity index (χ1v) is 10.2. The van der Waals surface area contributed by atoms with Crippen LogP contribution in [0.25, 0.3) is 0 Å². The maximum absolute atomic E-state index is 11.1. The molecule has 1 unspecified atom stereocenters. The Balaban J connectivity index is 1.67. The third-order valence-electron chi connectivity index (χ3n) is 5.05. The number of aryl methyl sites for hydroxylation is 2. The summed E-state index contributed by atoms with van der Waals surface area (Å²) in [6.45, 7) is 2.09. The number of carboxylic acid groups (broad SMARTS) is 1. The van der Waals surface area contributed by atoms with Crippen LogP contribution in [0.5, 0.6) is 0 Å². The van der Waals surface area contributed by atoms with Gasteiger partial charge in [0.2, 0.25) is 0 Å². The third kappa shape index (κ3) is 7.86. The van der Waals surface area contributed by atoms with E-state index < -0.39 is 6.16 Å². The Labute approximate surface area is 163 Å². The highest BCUT2D eigenvalue weighted by Gasteiger charge is 2.18. The smallest absolute Gasteiger partial charge is 0.450 e. The van der Waals surface area contributed by atoms with Gasteiger partial charge >= 0.3 is 6.16 Å². The highest BCUT2D eigenvalue weighted by atomic mass is 16.7. The van der Waals surface area contributed by atoms with E-state index in [0.717, 1.165) is 37.7 Å². The van der Waals surface area contributed by atoms with E-state index >= 15 is 0 Å². The Kier molecular flexibility index (Phi) is 9.47.